The third kappa shape index (κ3) is 4.50. The number of carbonyl (C=O) groups is 3. The summed E-state index contributed by atoms with van der Waals surface area (Å²) in [6.07, 6.45) is 1.90. The Bertz CT molecular complexity index is 1080. The molecule has 0 bridgehead atoms. The fourth-order valence-electron chi connectivity index (χ4n) is 5.68. The topological polar surface area (TPSA) is 114 Å². The van der Waals surface area contributed by atoms with Gasteiger partial charge in [-0.2, -0.15) is 0 Å². The molecule has 0 aromatic heterocycles. The molecule has 2 aromatic rings. The molecule has 184 valence electrons. The van der Waals surface area contributed by atoms with Crippen molar-refractivity contribution >= 4 is 18.0 Å². The molecule has 2 aromatic carbocycles. The summed E-state index contributed by atoms with van der Waals surface area (Å²) < 4.78 is 10.9. The first-order valence-corrected chi connectivity index (χ1v) is 12.2. The minimum atomic E-state index is -1.31. The number of carbonyl (C=O) groups excluding carboxylic acids is 2. The number of benzene rings is 2. The summed E-state index contributed by atoms with van der Waals surface area (Å²) in [7, 11) is 0. The second-order valence-electron chi connectivity index (χ2n) is 9.60. The highest BCUT2D eigenvalue weighted by Crippen LogP contribution is 2.44. The fourth-order valence-corrected chi connectivity index (χ4v) is 5.68. The summed E-state index contributed by atoms with van der Waals surface area (Å²) in [4.78, 5) is 37.7. The Labute approximate surface area is 204 Å². The Kier molecular flexibility index (Phi) is 6.47. The predicted octanol–water partition coefficient (Wildman–Crippen LogP) is 3.44. The number of nitrogens with one attached hydrogen (secondary N) is 2. The van der Waals surface area contributed by atoms with Gasteiger partial charge in [0.15, 0.2) is 0 Å². The highest BCUT2D eigenvalue weighted by molar-refractivity contribution is 5.89. The van der Waals surface area contributed by atoms with Crippen molar-refractivity contribution in [1.29, 1.82) is 0 Å². The lowest BCUT2D eigenvalue weighted by molar-refractivity contribution is -0.152. The minimum absolute atomic E-state index is 0.0419. The van der Waals surface area contributed by atoms with Crippen molar-refractivity contribution in [3.05, 3.63) is 59.7 Å². The van der Waals surface area contributed by atoms with Crippen LogP contribution in [0.25, 0.3) is 11.1 Å². The van der Waals surface area contributed by atoms with Gasteiger partial charge in [0.05, 0.1) is 5.92 Å². The summed E-state index contributed by atoms with van der Waals surface area (Å²) >= 11 is 0. The van der Waals surface area contributed by atoms with Crippen molar-refractivity contribution in [3.63, 3.8) is 0 Å². The maximum absolute atomic E-state index is 13.0. The van der Waals surface area contributed by atoms with Crippen LogP contribution in [0.1, 0.15) is 49.1 Å². The second kappa shape index (κ2) is 9.70. The zero-order valence-corrected chi connectivity index (χ0v) is 19.5. The number of rotatable bonds is 6. The van der Waals surface area contributed by atoms with Crippen molar-refractivity contribution in [2.75, 3.05) is 19.8 Å². The predicted molar refractivity (Wildman–Crippen MR) is 128 cm³/mol. The molecule has 2 aliphatic carbocycles. The molecule has 2 atom stereocenters. The Morgan fingerprint density at radius 3 is 2.23 bits per heavy atom. The average molecular weight is 479 g/mol. The molecule has 0 spiro atoms. The number of fused-ring (bicyclic) bond motifs is 3. The first-order chi connectivity index (χ1) is 17.0. The summed E-state index contributed by atoms with van der Waals surface area (Å²) in [5, 5.41) is 15.4. The maximum Gasteiger partial charge on any atom is 0.407 e. The Hall–Kier alpha value is -3.39. The van der Waals surface area contributed by atoms with E-state index in [9.17, 15) is 19.5 Å². The highest BCUT2D eigenvalue weighted by atomic mass is 16.5. The maximum atomic E-state index is 13.0. The largest absolute Gasteiger partial charge is 0.480 e. The van der Waals surface area contributed by atoms with Gasteiger partial charge < -0.3 is 25.2 Å². The summed E-state index contributed by atoms with van der Waals surface area (Å²) in [6, 6.07) is 15.9. The average Bonchev–Trinajstić information content (AvgIpc) is 3.46. The van der Waals surface area contributed by atoms with Crippen molar-refractivity contribution in [3.8, 4) is 11.1 Å². The lowest BCUT2D eigenvalue weighted by atomic mass is 9.88. The van der Waals surface area contributed by atoms with E-state index in [1.165, 1.54) is 0 Å². The van der Waals surface area contributed by atoms with Crippen LogP contribution in [0.15, 0.2) is 48.5 Å². The molecular formula is C27H30N2O6. The zero-order valence-electron chi connectivity index (χ0n) is 19.5. The smallest absolute Gasteiger partial charge is 0.407 e. The van der Waals surface area contributed by atoms with Gasteiger partial charge in [0.1, 0.15) is 12.1 Å². The van der Waals surface area contributed by atoms with Gasteiger partial charge in [0, 0.05) is 38.0 Å². The molecule has 1 aliphatic heterocycles. The monoisotopic (exact) mass is 478 g/mol. The van der Waals surface area contributed by atoms with Crippen LogP contribution in [0, 0.1) is 5.92 Å². The van der Waals surface area contributed by atoms with Crippen LogP contribution in [0.2, 0.25) is 0 Å². The van der Waals surface area contributed by atoms with E-state index in [-0.39, 0.29) is 31.3 Å². The van der Waals surface area contributed by atoms with Crippen LogP contribution < -0.4 is 10.6 Å². The quantitative estimate of drug-likeness (QED) is 0.586. The molecule has 5 rings (SSSR count). The van der Waals surface area contributed by atoms with Crippen LogP contribution in [-0.4, -0.2) is 54.5 Å². The second-order valence-corrected chi connectivity index (χ2v) is 9.60. The van der Waals surface area contributed by atoms with Crippen LogP contribution in [0.3, 0.4) is 0 Å². The molecule has 0 radical (unpaired) electrons. The van der Waals surface area contributed by atoms with Crippen molar-refractivity contribution in [2.24, 2.45) is 5.92 Å². The fraction of sp³-hybridized carbons (Fsp3) is 0.444. The number of alkyl carbamates (subject to hydrolysis) is 1. The molecule has 2 unspecified atom stereocenters. The van der Waals surface area contributed by atoms with E-state index in [1.807, 2.05) is 24.3 Å². The van der Waals surface area contributed by atoms with Crippen LogP contribution in [0.5, 0.6) is 0 Å². The molecule has 2 fully saturated rings. The van der Waals surface area contributed by atoms with Gasteiger partial charge >= 0.3 is 12.1 Å². The number of hydrogen-bond acceptors (Lipinski definition) is 5. The molecule has 8 heteroatoms. The van der Waals surface area contributed by atoms with Gasteiger partial charge in [-0.15, -0.1) is 0 Å². The standard InChI is InChI=1S/C27H30N2O6/c30-24(29-27(25(31)32)12-14-34-15-13-27)21-10-5-11-23(21)28-26(33)35-16-22-19-8-3-1-6-17(19)18-7-2-4-9-20(18)22/h1-4,6-9,21-23H,5,10-16H2,(H,28,33)(H,29,30)(H,31,32). The summed E-state index contributed by atoms with van der Waals surface area (Å²) in [6.45, 7) is 0.781. The van der Waals surface area contributed by atoms with Gasteiger partial charge in [-0.25, -0.2) is 9.59 Å². The molecule has 1 saturated heterocycles. The van der Waals surface area contributed by atoms with Gasteiger partial charge in [-0.1, -0.05) is 55.0 Å². The third-order valence-electron chi connectivity index (χ3n) is 7.62. The zero-order chi connectivity index (χ0) is 24.4. The van der Waals surface area contributed by atoms with E-state index < -0.39 is 29.6 Å². The molecule has 3 N–H and O–H groups in total. The molecule has 8 nitrogen and oxygen atoms in total. The normalized spacial score (nSPS) is 22.6. The van der Waals surface area contributed by atoms with E-state index in [4.69, 9.17) is 9.47 Å². The summed E-state index contributed by atoms with van der Waals surface area (Å²) in [5.41, 5.74) is 3.27. The SMILES string of the molecule is O=C(NC1CCCC1C(=O)NC1(C(=O)O)CCOCC1)OCC1c2ccccc2-c2ccccc21. The van der Waals surface area contributed by atoms with E-state index in [0.29, 0.717) is 26.1 Å². The molecule has 35 heavy (non-hydrogen) atoms. The Morgan fingerprint density at radius 2 is 1.60 bits per heavy atom. The lowest BCUT2D eigenvalue weighted by Gasteiger charge is -2.35. The van der Waals surface area contributed by atoms with Gasteiger partial charge in [0.2, 0.25) is 5.91 Å². The molecule has 1 saturated carbocycles. The number of carboxylic acid groups (broad SMARTS) is 1. The van der Waals surface area contributed by atoms with Gasteiger partial charge in [0.25, 0.3) is 0 Å². The highest BCUT2D eigenvalue weighted by Gasteiger charge is 2.44. The van der Waals surface area contributed by atoms with Crippen molar-refractivity contribution in [1.82, 2.24) is 10.6 Å². The van der Waals surface area contributed by atoms with E-state index in [0.717, 1.165) is 28.7 Å². The van der Waals surface area contributed by atoms with E-state index in [1.54, 1.807) is 0 Å². The first kappa shape index (κ1) is 23.4. The number of amides is 2. The van der Waals surface area contributed by atoms with Gasteiger partial charge in [-0.3, -0.25) is 4.79 Å². The number of hydrogen-bond donors (Lipinski definition) is 3. The molecular weight excluding hydrogens is 448 g/mol. The van der Waals surface area contributed by atoms with E-state index in [2.05, 4.69) is 34.9 Å². The van der Waals surface area contributed by atoms with Gasteiger partial charge in [-0.05, 0) is 35.1 Å². The van der Waals surface area contributed by atoms with Crippen molar-refractivity contribution in [2.45, 2.75) is 49.6 Å². The third-order valence-corrected chi connectivity index (χ3v) is 7.62. The molecule has 2 amide bonds. The van der Waals surface area contributed by atoms with Crippen molar-refractivity contribution < 1.29 is 29.0 Å². The minimum Gasteiger partial charge on any atom is -0.480 e. The number of carboxylic acids is 1. The lowest BCUT2D eigenvalue weighted by Crippen LogP contribution is -2.59. The molecule has 3 aliphatic rings. The summed E-state index contributed by atoms with van der Waals surface area (Å²) in [5.74, 6) is -1.92. The first-order valence-electron chi connectivity index (χ1n) is 12.2. The van der Waals surface area contributed by atoms with E-state index >= 15 is 0 Å². The van der Waals surface area contributed by atoms with Crippen LogP contribution >= 0.6 is 0 Å². The molecule has 1 heterocycles. The number of ether oxygens (including phenoxy) is 2. The van der Waals surface area contributed by atoms with Crippen LogP contribution in [0.4, 0.5) is 4.79 Å². The Morgan fingerprint density at radius 1 is 0.971 bits per heavy atom. The Balaban J connectivity index is 1.21. The van der Waals surface area contributed by atoms with Crippen LogP contribution in [-0.2, 0) is 19.1 Å². The number of aliphatic carboxylic acids is 1.